The summed E-state index contributed by atoms with van der Waals surface area (Å²) in [6.07, 6.45) is 2.89. The second-order valence-corrected chi connectivity index (χ2v) is 9.67. The molecule has 0 N–H and O–H groups in total. The molecule has 0 radical (unpaired) electrons. The number of sulfonamides is 1. The number of fused-ring (bicyclic) bond motifs is 1. The Morgan fingerprint density at radius 3 is 2.43 bits per heavy atom. The van der Waals surface area contributed by atoms with Gasteiger partial charge in [-0.15, -0.1) is 0 Å². The van der Waals surface area contributed by atoms with Gasteiger partial charge in [0, 0.05) is 31.9 Å². The molecule has 0 unspecified atom stereocenters. The van der Waals surface area contributed by atoms with E-state index >= 15 is 0 Å². The Balaban J connectivity index is 1.62. The molecule has 0 amide bonds. The highest BCUT2D eigenvalue weighted by molar-refractivity contribution is 7.89. The molecule has 0 spiro atoms. The summed E-state index contributed by atoms with van der Waals surface area (Å²) in [7, 11) is -3.55. The van der Waals surface area contributed by atoms with Gasteiger partial charge in [0.1, 0.15) is 5.52 Å². The molecule has 2 fully saturated rings. The minimum Gasteiger partial charge on any atom is -0.436 e. The van der Waals surface area contributed by atoms with Crippen LogP contribution in [0.4, 0.5) is 5.69 Å². The van der Waals surface area contributed by atoms with Crippen molar-refractivity contribution >= 4 is 26.8 Å². The highest BCUT2D eigenvalue weighted by Crippen LogP contribution is 2.36. The molecular formula is C22H25N3O4S. The largest absolute Gasteiger partial charge is 0.436 e. The minimum atomic E-state index is -3.55. The van der Waals surface area contributed by atoms with E-state index in [4.69, 9.17) is 9.15 Å². The average Bonchev–Trinajstić information content (AvgIpc) is 3.24. The van der Waals surface area contributed by atoms with Crippen LogP contribution >= 0.6 is 0 Å². The summed E-state index contributed by atoms with van der Waals surface area (Å²) in [6, 6.07) is 12.9. The zero-order valence-corrected chi connectivity index (χ0v) is 17.6. The van der Waals surface area contributed by atoms with Crippen LogP contribution in [-0.4, -0.2) is 57.1 Å². The van der Waals surface area contributed by atoms with Crippen LogP contribution in [0.25, 0.3) is 22.6 Å². The summed E-state index contributed by atoms with van der Waals surface area (Å²) in [5.41, 5.74) is 3.06. The van der Waals surface area contributed by atoms with E-state index in [1.165, 1.54) is 0 Å². The van der Waals surface area contributed by atoms with Gasteiger partial charge in [-0.2, -0.15) is 4.31 Å². The smallest absolute Gasteiger partial charge is 0.243 e. The van der Waals surface area contributed by atoms with Gasteiger partial charge in [-0.05, 0) is 43.2 Å². The Kier molecular flexibility index (Phi) is 5.22. The van der Waals surface area contributed by atoms with Crippen molar-refractivity contribution in [2.45, 2.75) is 24.2 Å². The molecule has 1 aromatic heterocycles. The minimum absolute atomic E-state index is 0.290. The maximum Gasteiger partial charge on any atom is 0.243 e. The number of anilines is 1. The fourth-order valence-corrected chi connectivity index (χ4v) is 5.71. The number of oxazole rings is 1. The van der Waals surface area contributed by atoms with E-state index in [2.05, 4.69) is 9.88 Å². The fourth-order valence-electron chi connectivity index (χ4n) is 4.17. The number of aromatic nitrogens is 1. The number of benzene rings is 2. The van der Waals surface area contributed by atoms with E-state index in [1.54, 1.807) is 16.4 Å². The van der Waals surface area contributed by atoms with Gasteiger partial charge in [-0.1, -0.05) is 18.6 Å². The monoisotopic (exact) mass is 427 g/mol. The zero-order chi connectivity index (χ0) is 20.6. The van der Waals surface area contributed by atoms with Crippen molar-refractivity contribution in [3.8, 4) is 11.5 Å². The Morgan fingerprint density at radius 2 is 1.67 bits per heavy atom. The number of ether oxygens (including phenoxy) is 1. The molecule has 0 saturated carbocycles. The van der Waals surface area contributed by atoms with E-state index < -0.39 is 10.0 Å². The topological polar surface area (TPSA) is 75.9 Å². The van der Waals surface area contributed by atoms with Crippen LogP contribution in [0.2, 0.25) is 0 Å². The van der Waals surface area contributed by atoms with Crippen LogP contribution in [0.15, 0.2) is 51.8 Å². The van der Waals surface area contributed by atoms with Crippen molar-refractivity contribution in [1.82, 2.24) is 9.29 Å². The molecule has 2 aromatic carbocycles. The molecule has 2 saturated heterocycles. The van der Waals surface area contributed by atoms with Crippen LogP contribution in [0.3, 0.4) is 0 Å². The van der Waals surface area contributed by atoms with E-state index in [0.717, 1.165) is 43.6 Å². The van der Waals surface area contributed by atoms with Gasteiger partial charge in [0.25, 0.3) is 0 Å². The molecule has 0 bridgehead atoms. The summed E-state index contributed by atoms with van der Waals surface area (Å²) in [4.78, 5) is 7.13. The molecule has 0 aliphatic carbocycles. The second-order valence-electron chi connectivity index (χ2n) is 7.73. The zero-order valence-electron chi connectivity index (χ0n) is 16.8. The van der Waals surface area contributed by atoms with Crippen molar-refractivity contribution in [1.29, 1.82) is 0 Å². The molecule has 2 aliphatic rings. The van der Waals surface area contributed by atoms with Crippen LogP contribution < -0.4 is 4.90 Å². The third-order valence-corrected chi connectivity index (χ3v) is 7.69. The number of para-hydroxylation sites is 2. The lowest BCUT2D eigenvalue weighted by molar-refractivity contribution is 0.122. The number of hydrogen-bond acceptors (Lipinski definition) is 6. The van der Waals surface area contributed by atoms with Crippen molar-refractivity contribution in [3.05, 3.63) is 42.5 Å². The van der Waals surface area contributed by atoms with E-state index in [1.807, 2.05) is 30.3 Å². The van der Waals surface area contributed by atoms with Crippen molar-refractivity contribution < 1.29 is 17.6 Å². The Bertz CT molecular complexity index is 1110. The summed E-state index contributed by atoms with van der Waals surface area (Å²) >= 11 is 0. The third-order valence-electron chi connectivity index (χ3n) is 5.80. The molecule has 7 nitrogen and oxygen atoms in total. The van der Waals surface area contributed by atoms with Gasteiger partial charge in [0.05, 0.1) is 23.7 Å². The quantitative estimate of drug-likeness (QED) is 0.634. The standard InChI is InChI=1S/C22H25N3O4S/c26-30(27,25-10-4-1-5-11-25)17-8-9-20(24-12-14-28-15-13-24)18(16-17)22-23-19-6-2-3-7-21(19)29-22/h2-3,6-9,16H,1,4-5,10-15H2. The highest BCUT2D eigenvalue weighted by atomic mass is 32.2. The van der Waals surface area contributed by atoms with Crippen LogP contribution in [0.5, 0.6) is 0 Å². The first-order valence-corrected chi connectivity index (χ1v) is 11.9. The number of morpholine rings is 1. The van der Waals surface area contributed by atoms with E-state index in [0.29, 0.717) is 48.2 Å². The first kappa shape index (κ1) is 19.5. The van der Waals surface area contributed by atoms with Gasteiger partial charge in [0.2, 0.25) is 15.9 Å². The lowest BCUT2D eigenvalue weighted by atomic mass is 10.1. The lowest BCUT2D eigenvalue weighted by Gasteiger charge is -2.31. The maximum atomic E-state index is 13.3. The van der Waals surface area contributed by atoms with Gasteiger partial charge in [0.15, 0.2) is 5.58 Å². The van der Waals surface area contributed by atoms with Crippen LogP contribution in [0, 0.1) is 0 Å². The molecule has 0 atom stereocenters. The van der Waals surface area contributed by atoms with Gasteiger partial charge in [-0.3, -0.25) is 0 Å². The van der Waals surface area contributed by atoms with E-state index in [9.17, 15) is 8.42 Å². The van der Waals surface area contributed by atoms with E-state index in [-0.39, 0.29) is 0 Å². The molecular weight excluding hydrogens is 402 g/mol. The fraction of sp³-hybridized carbons (Fsp3) is 0.409. The second kappa shape index (κ2) is 8.02. The first-order valence-electron chi connectivity index (χ1n) is 10.5. The van der Waals surface area contributed by atoms with Crippen LogP contribution in [-0.2, 0) is 14.8 Å². The lowest BCUT2D eigenvalue weighted by Crippen LogP contribution is -2.37. The summed E-state index contributed by atoms with van der Waals surface area (Å²) < 4.78 is 39.6. The SMILES string of the molecule is O=S(=O)(c1ccc(N2CCOCC2)c(-c2nc3ccccc3o2)c1)N1CCCCC1. The molecule has 158 valence electrons. The Labute approximate surface area is 176 Å². The predicted octanol–water partition coefficient (Wildman–Crippen LogP) is 3.51. The van der Waals surface area contributed by atoms with Crippen molar-refractivity contribution in [3.63, 3.8) is 0 Å². The number of nitrogens with zero attached hydrogens (tertiary/aromatic N) is 3. The molecule has 5 rings (SSSR count). The summed E-state index contributed by atoms with van der Waals surface area (Å²) in [5, 5.41) is 0. The van der Waals surface area contributed by atoms with Gasteiger partial charge in [-0.25, -0.2) is 13.4 Å². The summed E-state index contributed by atoms with van der Waals surface area (Å²) in [5.74, 6) is 0.438. The first-order chi connectivity index (χ1) is 14.6. The number of rotatable bonds is 4. The molecule has 3 aromatic rings. The maximum absolute atomic E-state index is 13.3. The number of hydrogen-bond donors (Lipinski definition) is 0. The third kappa shape index (κ3) is 3.59. The average molecular weight is 428 g/mol. The van der Waals surface area contributed by atoms with Crippen LogP contribution in [0.1, 0.15) is 19.3 Å². The molecule has 8 heteroatoms. The molecule has 30 heavy (non-hydrogen) atoms. The van der Waals surface area contributed by atoms with Crippen molar-refractivity contribution in [2.75, 3.05) is 44.3 Å². The Morgan fingerprint density at radius 1 is 0.900 bits per heavy atom. The Hall–Kier alpha value is -2.42. The molecule has 3 heterocycles. The van der Waals surface area contributed by atoms with Crippen molar-refractivity contribution in [2.24, 2.45) is 0 Å². The van der Waals surface area contributed by atoms with Gasteiger partial charge >= 0.3 is 0 Å². The predicted molar refractivity (Wildman–Crippen MR) is 115 cm³/mol. The van der Waals surface area contributed by atoms with Gasteiger partial charge < -0.3 is 14.1 Å². The normalized spacial score (nSPS) is 18.7. The summed E-state index contributed by atoms with van der Waals surface area (Å²) in [6.45, 7) is 3.91. The number of piperidine rings is 1. The highest BCUT2D eigenvalue weighted by Gasteiger charge is 2.28. The molecule has 2 aliphatic heterocycles.